The van der Waals surface area contributed by atoms with Crippen molar-refractivity contribution in [3.63, 3.8) is 0 Å². The SMILES string of the molecule is Cc1[nH]nc2c1[C@H](c1cccc(Br)c1)C(C#N)=C(N)O2. The third-order valence-corrected chi connectivity index (χ3v) is 3.80. The summed E-state index contributed by atoms with van der Waals surface area (Å²) < 4.78 is 6.36. The van der Waals surface area contributed by atoms with Gasteiger partial charge in [0.05, 0.1) is 5.92 Å². The van der Waals surface area contributed by atoms with Crippen LogP contribution in [0.25, 0.3) is 0 Å². The molecule has 0 spiro atoms. The molecule has 100 valence electrons. The lowest BCUT2D eigenvalue weighted by atomic mass is 9.84. The van der Waals surface area contributed by atoms with Gasteiger partial charge in [-0.2, -0.15) is 5.26 Å². The van der Waals surface area contributed by atoms with Crippen molar-refractivity contribution in [1.29, 1.82) is 5.26 Å². The maximum atomic E-state index is 9.41. The van der Waals surface area contributed by atoms with Gasteiger partial charge in [-0.3, -0.25) is 5.10 Å². The number of aromatic nitrogens is 2. The van der Waals surface area contributed by atoms with Crippen molar-refractivity contribution in [3.05, 3.63) is 57.0 Å². The van der Waals surface area contributed by atoms with Gasteiger partial charge in [-0.25, -0.2) is 0 Å². The molecule has 0 aliphatic carbocycles. The van der Waals surface area contributed by atoms with Gasteiger partial charge in [0.15, 0.2) is 0 Å². The van der Waals surface area contributed by atoms with E-state index >= 15 is 0 Å². The van der Waals surface area contributed by atoms with Gasteiger partial charge < -0.3 is 10.5 Å². The average Bonchev–Trinajstić information content (AvgIpc) is 2.78. The van der Waals surface area contributed by atoms with Crippen LogP contribution in [-0.2, 0) is 0 Å². The van der Waals surface area contributed by atoms with Crippen molar-refractivity contribution in [3.8, 4) is 11.9 Å². The third-order valence-electron chi connectivity index (χ3n) is 3.31. The summed E-state index contributed by atoms with van der Waals surface area (Å²) in [5.74, 6) is 0.278. The minimum Gasteiger partial charge on any atom is -0.420 e. The highest BCUT2D eigenvalue weighted by atomic mass is 79.9. The number of nitrogens with one attached hydrogen (secondary N) is 1. The molecule has 1 aliphatic heterocycles. The normalized spacial score (nSPS) is 17.4. The first-order valence-electron chi connectivity index (χ1n) is 5.99. The van der Waals surface area contributed by atoms with E-state index in [1.807, 2.05) is 31.2 Å². The Balaban J connectivity index is 2.25. The lowest BCUT2D eigenvalue weighted by Gasteiger charge is -2.23. The molecule has 3 N–H and O–H groups in total. The molecular formula is C14H11BrN4O. The number of halogens is 1. The topological polar surface area (TPSA) is 87.7 Å². The van der Waals surface area contributed by atoms with E-state index in [-0.39, 0.29) is 11.8 Å². The van der Waals surface area contributed by atoms with E-state index in [0.717, 1.165) is 21.3 Å². The van der Waals surface area contributed by atoms with E-state index < -0.39 is 0 Å². The summed E-state index contributed by atoms with van der Waals surface area (Å²) in [6.07, 6.45) is 0. The Labute approximate surface area is 124 Å². The molecule has 1 aliphatic rings. The molecule has 20 heavy (non-hydrogen) atoms. The van der Waals surface area contributed by atoms with Crippen LogP contribution in [0.15, 0.2) is 40.2 Å². The van der Waals surface area contributed by atoms with Crippen LogP contribution in [0.2, 0.25) is 0 Å². The van der Waals surface area contributed by atoms with Crippen LogP contribution in [0.3, 0.4) is 0 Å². The van der Waals surface area contributed by atoms with Gasteiger partial charge in [0.2, 0.25) is 11.8 Å². The molecule has 1 aromatic carbocycles. The number of rotatable bonds is 1. The standard InChI is InChI=1S/C14H11BrN4O/c1-7-11-12(8-3-2-4-9(15)5-8)10(6-16)13(17)20-14(11)19-18-7/h2-5,12H,17H2,1H3,(H,18,19)/t12-/m1/s1. The number of aryl methyl sites for hydroxylation is 1. The van der Waals surface area contributed by atoms with Crippen molar-refractivity contribution in [2.24, 2.45) is 5.73 Å². The lowest BCUT2D eigenvalue weighted by molar-refractivity contribution is 0.379. The van der Waals surface area contributed by atoms with Crippen molar-refractivity contribution >= 4 is 15.9 Å². The molecule has 2 heterocycles. The monoisotopic (exact) mass is 330 g/mol. The highest BCUT2D eigenvalue weighted by Gasteiger charge is 2.34. The molecule has 0 bridgehead atoms. The number of fused-ring (bicyclic) bond motifs is 1. The Bertz CT molecular complexity index is 757. The van der Waals surface area contributed by atoms with Gasteiger partial charge in [-0.1, -0.05) is 28.1 Å². The van der Waals surface area contributed by atoms with Crippen molar-refractivity contribution < 1.29 is 4.74 Å². The molecule has 1 aromatic heterocycles. The molecule has 3 rings (SSSR count). The van der Waals surface area contributed by atoms with Crippen LogP contribution in [-0.4, -0.2) is 10.2 Å². The van der Waals surface area contributed by atoms with Crippen molar-refractivity contribution in [1.82, 2.24) is 10.2 Å². The number of H-pyrrole nitrogens is 1. The Morgan fingerprint density at radius 1 is 1.50 bits per heavy atom. The molecule has 1 atom stereocenters. The van der Waals surface area contributed by atoms with Crippen molar-refractivity contribution in [2.45, 2.75) is 12.8 Å². The largest absolute Gasteiger partial charge is 0.420 e. The number of hydrogen-bond acceptors (Lipinski definition) is 4. The van der Waals surface area contributed by atoms with E-state index in [1.54, 1.807) is 0 Å². The van der Waals surface area contributed by atoms with E-state index in [9.17, 15) is 5.26 Å². The summed E-state index contributed by atoms with van der Waals surface area (Å²) >= 11 is 3.45. The summed E-state index contributed by atoms with van der Waals surface area (Å²) in [5, 5.41) is 16.4. The average molecular weight is 331 g/mol. The number of nitrogens with two attached hydrogens (primary N) is 1. The van der Waals surface area contributed by atoms with E-state index in [2.05, 4.69) is 32.2 Å². The fourth-order valence-electron chi connectivity index (χ4n) is 2.42. The summed E-state index contributed by atoms with van der Waals surface area (Å²) in [7, 11) is 0. The quantitative estimate of drug-likeness (QED) is 0.841. The number of allylic oxidation sites excluding steroid dienone is 1. The van der Waals surface area contributed by atoms with Gasteiger partial charge in [0.25, 0.3) is 0 Å². The number of ether oxygens (including phenoxy) is 1. The zero-order chi connectivity index (χ0) is 14.3. The first-order chi connectivity index (χ1) is 9.61. The molecule has 0 radical (unpaired) electrons. The smallest absolute Gasteiger partial charge is 0.244 e. The number of hydrogen-bond donors (Lipinski definition) is 2. The minimum atomic E-state index is -0.264. The zero-order valence-electron chi connectivity index (χ0n) is 10.6. The Hall–Kier alpha value is -2.26. The van der Waals surface area contributed by atoms with Gasteiger partial charge in [0, 0.05) is 15.7 Å². The Morgan fingerprint density at radius 3 is 3.00 bits per heavy atom. The van der Waals surface area contributed by atoms with E-state index in [4.69, 9.17) is 10.5 Å². The molecule has 6 heteroatoms. The predicted octanol–water partition coefficient (Wildman–Crippen LogP) is 2.70. The second-order valence-corrected chi connectivity index (χ2v) is 5.46. The van der Waals surface area contributed by atoms with Gasteiger partial charge in [-0.15, -0.1) is 5.10 Å². The van der Waals surface area contributed by atoms with Gasteiger partial charge in [0.1, 0.15) is 11.6 Å². The molecule has 0 fully saturated rings. The Morgan fingerprint density at radius 2 is 2.30 bits per heavy atom. The molecular weight excluding hydrogens is 320 g/mol. The van der Waals surface area contributed by atoms with Crippen LogP contribution in [0, 0.1) is 18.3 Å². The van der Waals surface area contributed by atoms with Crippen LogP contribution < -0.4 is 10.5 Å². The summed E-state index contributed by atoms with van der Waals surface area (Å²) in [6, 6.07) is 9.94. The predicted molar refractivity (Wildman–Crippen MR) is 76.8 cm³/mol. The highest BCUT2D eigenvalue weighted by Crippen LogP contribution is 2.42. The van der Waals surface area contributed by atoms with Crippen LogP contribution in [0.1, 0.15) is 22.7 Å². The fraction of sp³-hybridized carbons (Fsp3) is 0.143. The zero-order valence-corrected chi connectivity index (χ0v) is 12.2. The maximum absolute atomic E-state index is 9.41. The van der Waals surface area contributed by atoms with Crippen LogP contribution in [0.5, 0.6) is 5.88 Å². The molecule has 2 aromatic rings. The maximum Gasteiger partial charge on any atom is 0.244 e. The second kappa shape index (κ2) is 4.69. The summed E-state index contributed by atoms with van der Waals surface area (Å²) in [4.78, 5) is 0. The molecule has 0 saturated heterocycles. The number of aromatic amines is 1. The van der Waals surface area contributed by atoms with Crippen LogP contribution >= 0.6 is 15.9 Å². The highest BCUT2D eigenvalue weighted by molar-refractivity contribution is 9.10. The van der Waals surface area contributed by atoms with Crippen molar-refractivity contribution in [2.75, 3.05) is 0 Å². The van der Waals surface area contributed by atoms with E-state index in [0.29, 0.717) is 11.5 Å². The molecule has 0 saturated carbocycles. The first-order valence-corrected chi connectivity index (χ1v) is 6.79. The molecule has 0 amide bonds. The van der Waals surface area contributed by atoms with Gasteiger partial charge >= 0.3 is 0 Å². The molecule has 0 unspecified atom stereocenters. The van der Waals surface area contributed by atoms with Crippen LogP contribution in [0.4, 0.5) is 0 Å². The summed E-state index contributed by atoms with van der Waals surface area (Å²) in [6.45, 7) is 1.90. The van der Waals surface area contributed by atoms with Gasteiger partial charge in [-0.05, 0) is 24.6 Å². The number of nitrogens with zero attached hydrogens (tertiary/aromatic N) is 2. The lowest BCUT2D eigenvalue weighted by Crippen LogP contribution is -2.21. The number of benzene rings is 1. The Kier molecular flexibility index (Phi) is 2.99. The summed E-state index contributed by atoms with van der Waals surface area (Å²) in [5.41, 5.74) is 8.94. The fourth-order valence-corrected chi connectivity index (χ4v) is 2.84. The number of nitriles is 1. The third kappa shape index (κ3) is 1.87. The second-order valence-electron chi connectivity index (χ2n) is 4.55. The first kappa shape index (κ1) is 12.8. The van der Waals surface area contributed by atoms with E-state index in [1.165, 1.54) is 0 Å². The molecule has 5 nitrogen and oxygen atoms in total. The minimum absolute atomic E-state index is 0.108.